The summed E-state index contributed by atoms with van der Waals surface area (Å²) in [7, 11) is 0. The molecule has 0 saturated carbocycles. The van der Waals surface area contributed by atoms with Crippen LogP contribution in [0.5, 0.6) is 0 Å². The summed E-state index contributed by atoms with van der Waals surface area (Å²) in [5.74, 6) is 0.292. The van der Waals surface area contributed by atoms with Crippen LogP contribution in [-0.2, 0) is 22.6 Å². The number of thiazole rings is 1. The van der Waals surface area contributed by atoms with Crippen molar-refractivity contribution in [1.29, 1.82) is 0 Å². The van der Waals surface area contributed by atoms with E-state index in [0.29, 0.717) is 11.5 Å². The number of nitrogens with zero attached hydrogens (tertiary/aromatic N) is 3. The molecule has 2 aromatic heterocycles. The van der Waals surface area contributed by atoms with Gasteiger partial charge in [0.15, 0.2) is 6.61 Å². The first-order valence-electron chi connectivity index (χ1n) is 8.82. The topological polar surface area (TPSA) is 78.1 Å². The molecule has 0 amide bonds. The quantitative estimate of drug-likeness (QED) is 0.360. The average molecular weight is 470 g/mol. The number of carbonyl (C=O) groups excluding carboxylic acids is 1. The number of aryl methyl sites for hydroxylation is 1. The number of hydrogen-bond donors (Lipinski definition) is 0. The second-order valence-corrected chi connectivity index (χ2v) is 8.15. The van der Waals surface area contributed by atoms with Crippen LogP contribution in [0, 0.1) is 6.92 Å². The number of ether oxygens (including phenoxy) is 1. The van der Waals surface area contributed by atoms with E-state index < -0.39 is 5.97 Å². The normalized spacial score (nSPS) is 10.8. The largest absolute Gasteiger partial charge is 0.455 e. The monoisotopic (exact) mass is 469 g/mol. The third kappa shape index (κ3) is 4.96. The van der Waals surface area contributed by atoms with Gasteiger partial charge in [0.1, 0.15) is 5.01 Å². The van der Waals surface area contributed by atoms with Crippen LogP contribution in [-0.4, -0.2) is 21.1 Å². The van der Waals surface area contributed by atoms with E-state index in [-0.39, 0.29) is 18.9 Å². The summed E-state index contributed by atoms with van der Waals surface area (Å²) in [4.78, 5) is 20.9. The van der Waals surface area contributed by atoms with Gasteiger partial charge in [0.05, 0.1) is 12.1 Å². The molecule has 4 rings (SSSR count). The fourth-order valence-electron chi connectivity index (χ4n) is 2.70. The highest BCUT2D eigenvalue weighted by molar-refractivity contribution is 9.10. The van der Waals surface area contributed by atoms with Gasteiger partial charge in [0.2, 0.25) is 5.82 Å². The van der Waals surface area contributed by atoms with Crippen LogP contribution in [0.25, 0.3) is 22.0 Å². The second kappa shape index (κ2) is 8.67. The van der Waals surface area contributed by atoms with E-state index in [1.165, 1.54) is 16.9 Å². The Kier molecular flexibility index (Phi) is 5.82. The highest BCUT2D eigenvalue weighted by atomic mass is 79.9. The predicted octanol–water partition coefficient (Wildman–Crippen LogP) is 5.22. The zero-order valence-electron chi connectivity index (χ0n) is 15.5. The smallest absolute Gasteiger partial charge is 0.312 e. The molecule has 4 aromatic rings. The molecule has 146 valence electrons. The first-order chi connectivity index (χ1) is 14.1. The minimum atomic E-state index is -0.395. The molecule has 2 aromatic carbocycles. The standard InChI is InChI=1S/C21H16BrN3O3S/c1-13-4-2-6-15(8-13)21-23-17(12-29-21)10-19(26)27-11-18-24-20(25-28-18)14-5-3-7-16(22)9-14/h2-9,12H,10-11H2,1H3. The minimum Gasteiger partial charge on any atom is -0.455 e. The summed E-state index contributed by atoms with van der Waals surface area (Å²) in [6.45, 7) is 1.96. The zero-order valence-corrected chi connectivity index (χ0v) is 17.9. The molecule has 0 spiro atoms. The van der Waals surface area contributed by atoms with Crippen molar-refractivity contribution in [3.05, 3.63) is 75.5 Å². The van der Waals surface area contributed by atoms with E-state index in [4.69, 9.17) is 9.26 Å². The van der Waals surface area contributed by atoms with Crippen LogP contribution >= 0.6 is 27.3 Å². The Hall–Kier alpha value is -2.84. The fourth-order valence-corrected chi connectivity index (χ4v) is 3.91. The SMILES string of the molecule is Cc1cccc(-c2nc(CC(=O)OCc3nc(-c4cccc(Br)c4)no3)cs2)c1. The maximum Gasteiger partial charge on any atom is 0.312 e. The maximum atomic E-state index is 12.2. The van der Waals surface area contributed by atoms with Crippen molar-refractivity contribution < 1.29 is 14.1 Å². The van der Waals surface area contributed by atoms with Gasteiger partial charge in [0, 0.05) is 21.0 Å². The number of benzene rings is 2. The van der Waals surface area contributed by atoms with Crippen molar-refractivity contribution in [2.45, 2.75) is 20.0 Å². The van der Waals surface area contributed by atoms with E-state index in [1.807, 2.05) is 54.8 Å². The van der Waals surface area contributed by atoms with Gasteiger partial charge in [-0.15, -0.1) is 11.3 Å². The second-order valence-electron chi connectivity index (χ2n) is 6.37. The van der Waals surface area contributed by atoms with Crippen LogP contribution in [0.2, 0.25) is 0 Å². The molecule has 0 bridgehead atoms. The van der Waals surface area contributed by atoms with Gasteiger partial charge in [-0.2, -0.15) is 4.98 Å². The summed E-state index contributed by atoms with van der Waals surface area (Å²) in [5, 5.41) is 6.68. The number of hydrogen-bond acceptors (Lipinski definition) is 7. The van der Waals surface area contributed by atoms with Gasteiger partial charge in [-0.05, 0) is 25.1 Å². The Labute approximate surface area is 179 Å². The predicted molar refractivity (Wildman–Crippen MR) is 113 cm³/mol. The number of rotatable bonds is 6. The summed E-state index contributed by atoms with van der Waals surface area (Å²) >= 11 is 4.91. The molecule has 0 saturated heterocycles. The number of halogens is 1. The molecule has 2 heterocycles. The minimum absolute atomic E-state index is 0.0747. The molecule has 0 aliphatic heterocycles. The average Bonchev–Trinajstić information content (AvgIpc) is 3.36. The highest BCUT2D eigenvalue weighted by Gasteiger charge is 2.14. The molecule has 29 heavy (non-hydrogen) atoms. The lowest BCUT2D eigenvalue weighted by atomic mass is 10.1. The number of aromatic nitrogens is 3. The summed E-state index contributed by atoms with van der Waals surface area (Å²) in [5.41, 5.74) is 3.70. The first-order valence-corrected chi connectivity index (χ1v) is 10.5. The highest BCUT2D eigenvalue weighted by Crippen LogP contribution is 2.25. The molecular formula is C21H16BrN3O3S. The Morgan fingerprint density at radius 3 is 2.79 bits per heavy atom. The van der Waals surface area contributed by atoms with Gasteiger partial charge < -0.3 is 9.26 Å². The van der Waals surface area contributed by atoms with Crippen molar-refractivity contribution in [1.82, 2.24) is 15.1 Å². The molecule has 0 aliphatic carbocycles. The van der Waals surface area contributed by atoms with Crippen LogP contribution in [0.15, 0.2) is 62.9 Å². The molecule has 0 N–H and O–H groups in total. The summed E-state index contributed by atoms with van der Waals surface area (Å²) < 4.78 is 11.3. The number of carbonyl (C=O) groups is 1. The Morgan fingerprint density at radius 2 is 1.97 bits per heavy atom. The summed E-state index contributed by atoms with van der Waals surface area (Å²) in [6.07, 6.45) is 0.0922. The Balaban J connectivity index is 1.34. The van der Waals surface area contributed by atoms with Crippen molar-refractivity contribution >= 4 is 33.2 Å². The molecule has 6 nitrogen and oxygen atoms in total. The van der Waals surface area contributed by atoms with Gasteiger partial charge in [-0.25, -0.2) is 4.98 Å². The van der Waals surface area contributed by atoms with E-state index in [2.05, 4.69) is 37.1 Å². The Morgan fingerprint density at radius 1 is 1.14 bits per heavy atom. The third-order valence-corrected chi connectivity index (χ3v) is 5.48. The third-order valence-electron chi connectivity index (χ3n) is 4.05. The summed E-state index contributed by atoms with van der Waals surface area (Å²) in [6, 6.07) is 15.7. The van der Waals surface area contributed by atoms with Gasteiger partial charge in [0.25, 0.3) is 5.89 Å². The van der Waals surface area contributed by atoms with Gasteiger partial charge in [-0.3, -0.25) is 4.79 Å². The fraction of sp³-hybridized carbons (Fsp3) is 0.143. The van der Waals surface area contributed by atoms with Crippen LogP contribution in [0.4, 0.5) is 0 Å². The Bertz CT molecular complexity index is 1160. The number of esters is 1. The van der Waals surface area contributed by atoms with Gasteiger partial charge >= 0.3 is 5.97 Å². The first kappa shape index (κ1) is 19.5. The molecule has 0 unspecified atom stereocenters. The zero-order chi connectivity index (χ0) is 20.2. The molecule has 8 heteroatoms. The molecule has 0 fully saturated rings. The van der Waals surface area contributed by atoms with Crippen molar-refractivity contribution in [3.63, 3.8) is 0 Å². The lowest BCUT2D eigenvalue weighted by Gasteiger charge is -2.00. The van der Waals surface area contributed by atoms with Gasteiger partial charge in [-0.1, -0.05) is 57.0 Å². The van der Waals surface area contributed by atoms with E-state index in [0.717, 1.165) is 20.6 Å². The van der Waals surface area contributed by atoms with Crippen LogP contribution in [0.3, 0.4) is 0 Å². The molecular weight excluding hydrogens is 454 g/mol. The molecule has 0 atom stereocenters. The van der Waals surface area contributed by atoms with Crippen molar-refractivity contribution in [2.24, 2.45) is 0 Å². The molecule has 0 radical (unpaired) electrons. The van der Waals surface area contributed by atoms with Crippen molar-refractivity contribution in [3.8, 4) is 22.0 Å². The van der Waals surface area contributed by atoms with Crippen LogP contribution < -0.4 is 0 Å². The van der Waals surface area contributed by atoms with E-state index >= 15 is 0 Å². The molecule has 0 aliphatic rings. The van der Waals surface area contributed by atoms with Crippen LogP contribution in [0.1, 0.15) is 17.1 Å². The lowest BCUT2D eigenvalue weighted by molar-refractivity contribution is -0.144. The van der Waals surface area contributed by atoms with E-state index in [1.54, 1.807) is 0 Å². The van der Waals surface area contributed by atoms with E-state index in [9.17, 15) is 4.79 Å². The lowest BCUT2D eigenvalue weighted by Crippen LogP contribution is -2.08. The maximum absolute atomic E-state index is 12.2. The van der Waals surface area contributed by atoms with Crippen molar-refractivity contribution in [2.75, 3.05) is 0 Å².